The predicted molar refractivity (Wildman–Crippen MR) is 168 cm³/mol. The van der Waals surface area contributed by atoms with Crippen molar-refractivity contribution >= 4 is 85.7 Å². The molecule has 0 spiro atoms. The van der Waals surface area contributed by atoms with Crippen LogP contribution in [0.3, 0.4) is 0 Å². The molecule has 0 fully saturated rings. The smallest absolute Gasteiger partial charge is 0.744 e. The topological polar surface area (TPSA) is 234 Å². The molecule has 4 aromatic carbocycles. The van der Waals surface area contributed by atoms with Crippen molar-refractivity contribution in [2.75, 3.05) is 21.7 Å². The zero-order valence-electron chi connectivity index (χ0n) is 25.4. The second kappa shape index (κ2) is 16.3. The molecule has 49 heavy (non-hydrogen) atoms. The van der Waals surface area contributed by atoms with E-state index in [4.69, 9.17) is 17.3 Å². The molecule has 0 unspecified atom stereocenters. The van der Waals surface area contributed by atoms with Gasteiger partial charge in [-0.1, -0.05) is 42.5 Å². The molecule has 5 N–H and O–H groups in total. The summed E-state index contributed by atoms with van der Waals surface area (Å²) in [6.45, 7) is 0. The van der Waals surface area contributed by atoms with Crippen molar-refractivity contribution in [2.45, 2.75) is 9.79 Å². The van der Waals surface area contributed by atoms with E-state index in [0.29, 0.717) is 17.7 Å². The van der Waals surface area contributed by atoms with Crippen LogP contribution in [0.5, 0.6) is 0 Å². The molecular weight excluding hydrogens is 720 g/mol. The quantitative estimate of drug-likeness (QED) is 0.0305. The Balaban J connectivity index is 0.00000270. The van der Waals surface area contributed by atoms with Crippen molar-refractivity contribution in [3.8, 4) is 0 Å². The molecule has 238 valence electrons. The van der Waals surface area contributed by atoms with E-state index in [0.717, 1.165) is 6.07 Å². The average Bonchev–Trinajstić information content (AvgIpc) is 3.04. The van der Waals surface area contributed by atoms with Crippen LogP contribution in [-0.2, 0) is 19.5 Å². The van der Waals surface area contributed by atoms with Crippen LogP contribution in [0.4, 0.5) is 40.3 Å². The van der Waals surface area contributed by atoms with E-state index in [9.17, 15) is 27.8 Å². The number of benzene rings is 4. The van der Waals surface area contributed by atoms with Crippen molar-refractivity contribution in [1.82, 2.24) is 15.0 Å². The molecule has 15 nitrogen and oxygen atoms in total. The predicted octanol–water partition coefficient (Wildman–Crippen LogP) is -1.74. The Labute approximate surface area is 331 Å². The number of hydrogen-bond donors (Lipinski definition) is 4. The standard InChI is InChI=1S/C29H20ClN7O8S2.2Na/c30-27-35-28(33-14-6-2-1-3-7-14)37-29(36-27)34-18-11-10-15(12-20(18)46-45-44-40)32-19-13-21(47(41,42)43)24(31)23-22(19)25(38)16-8-4-5-9-17(16)26(23)39;;/h1-13,32,40H,31H2,(H,41,42,43)(H2,33,34,35,36,37);;/q;2*+1/p-2. The number of carbonyl (C=O) groups excluding carboxylic acids is 2. The number of rotatable bonds is 10. The molecule has 0 saturated carbocycles. The van der Waals surface area contributed by atoms with E-state index in [1.54, 1.807) is 18.2 Å². The van der Waals surface area contributed by atoms with Crippen LogP contribution in [0.1, 0.15) is 31.8 Å². The number of anilines is 7. The van der Waals surface area contributed by atoms with Crippen molar-refractivity contribution in [3.63, 3.8) is 0 Å². The van der Waals surface area contributed by atoms with Crippen LogP contribution in [0.25, 0.3) is 0 Å². The van der Waals surface area contributed by atoms with Crippen molar-refractivity contribution in [3.05, 3.63) is 106 Å². The molecule has 5 aromatic rings. The average molecular weight is 738 g/mol. The zero-order chi connectivity index (χ0) is 33.3. The second-order valence-corrected chi connectivity index (χ2v) is 12.1. The second-order valence-electron chi connectivity index (χ2n) is 9.67. The molecule has 1 aliphatic carbocycles. The summed E-state index contributed by atoms with van der Waals surface area (Å²) in [7, 11) is -5.19. The number of nitrogen functional groups attached to an aromatic ring is 1. The van der Waals surface area contributed by atoms with Gasteiger partial charge in [-0.3, -0.25) is 14.6 Å². The SMILES string of the molecule is Nc1c(S(=O)(=O)[O-])cc(Nc2ccc(Nc3nc(Cl)nc(Nc4ccccc4)n3)c(SOO[O-])c2)c2c1C(=O)c1ccccc1C2=O.[Na+].[Na+]. The Morgan fingerprint density at radius 2 is 1.37 bits per heavy atom. The molecule has 1 heterocycles. The van der Waals surface area contributed by atoms with Gasteiger partial charge in [0.15, 0.2) is 11.6 Å². The molecule has 20 heteroatoms. The monoisotopic (exact) mass is 737 g/mol. The number of fused-ring (bicyclic) bond motifs is 2. The molecule has 0 radical (unpaired) electrons. The number of aromatic nitrogens is 3. The number of nitrogens with one attached hydrogen (secondary N) is 3. The normalized spacial score (nSPS) is 11.8. The number of carbonyl (C=O) groups is 2. The van der Waals surface area contributed by atoms with Gasteiger partial charge in [0.1, 0.15) is 10.1 Å². The third-order valence-corrected chi connectivity index (χ3v) is 8.45. The third-order valence-electron chi connectivity index (χ3n) is 6.77. The summed E-state index contributed by atoms with van der Waals surface area (Å²) in [6, 6.07) is 20.3. The van der Waals surface area contributed by atoms with Gasteiger partial charge < -0.3 is 31.5 Å². The maximum absolute atomic E-state index is 13.6. The minimum Gasteiger partial charge on any atom is -0.744 e. The molecule has 0 aliphatic heterocycles. The van der Waals surface area contributed by atoms with Gasteiger partial charge in [0.2, 0.25) is 17.2 Å². The van der Waals surface area contributed by atoms with Crippen LogP contribution in [0, 0.1) is 0 Å². The van der Waals surface area contributed by atoms with Gasteiger partial charge in [0.05, 0.1) is 50.0 Å². The minimum absolute atomic E-state index is 0. The summed E-state index contributed by atoms with van der Waals surface area (Å²) < 4.78 is 41.0. The zero-order valence-corrected chi connectivity index (χ0v) is 31.8. The van der Waals surface area contributed by atoms with Crippen molar-refractivity contribution in [2.24, 2.45) is 0 Å². The fourth-order valence-corrected chi connectivity index (χ4v) is 6.09. The van der Waals surface area contributed by atoms with E-state index in [2.05, 4.69) is 40.3 Å². The van der Waals surface area contributed by atoms with Crippen LogP contribution in [0.15, 0.2) is 88.7 Å². The van der Waals surface area contributed by atoms with Gasteiger partial charge in [-0.25, -0.2) is 8.42 Å². The maximum atomic E-state index is 13.6. The molecule has 1 aliphatic rings. The summed E-state index contributed by atoms with van der Waals surface area (Å²) in [5.74, 6) is -1.21. The number of nitrogens with two attached hydrogens (primary N) is 1. The van der Waals surface area contributed by atoms with E-state index >= 15 is 0 Å². The number of hydrogen-bond acceptors (Lipinski definition) is 16. The Bertz CT molecular complexity index is 2180. The Kier molecular flexibility index (Phi) is 12.8. The van der Waals surface area contributed by atoms with Gasteiger partial charge in [-0.15, -0.1) is 0 Å². The number of nitrogens with zero attached hydrogens (tertiary/aromatic N) is 3. The van der Waals surface area contributed by atoms with Gasteiger partial charge >= 0.3 is 59.1 Å². The molecule has 0 amide bonds. The molecule has 0 saturated heterocycles. The van der Waals surface area contributed by atoms with Gasteiger partial charge in [-0.05, 0) is 48.0 Å². The van der Waals surface area contributed by atoms with Gasteiger partial charge in [0.25, 0.3) is 0 Å². The molecule has 1 aromatic heterocycles. The summed E-state index contributed by atoms with van der Waals surface area (Å²) in [6.07, 6.45) is 0. The number of ketones is 2. The van der Waals surface area contributed by atoms with E-state index in [1.165, 1.54) is 36.4 Å². The Morgan fingerprint density at radius 1 is 0.755 bits per heavy atom. The first kappa shape index (κ1) is 38.7. The van der Waals surface area contributed by atoms with Crippen molar-refractivity contribution < 1.29 is 96.3 Å². The van der Waals surface area contributed by atoms with Crippen LogP contribution in [-0.4, -0.2) is 39.5 Å². The maximum Gasteiger partial charge on any atom is 1.00 e. The third kappa shape index (κ3) is 8.43. The Hall–Kier alpha value is -3.14. The van der Waals surface area contributed by atoms with E-state index in [-0.39, 0.29) is 115 Å². The number of para-hydroxylation sites is 1. The van der Waals surface area contributed by atoms with E-state index in [1.807, 2.05) is 18.2 Å². The fraction of sp³-hybridized carbons (Fsp3) is 0. The van der Waals surface area contributed by atoms with E-state index < -0.39 is 37.8 Å². The molecule has 0 atom stereocenters. The fourth-order valence-electron chi connectivity index (χ4n) is 4.81. The van der Waals surface area contributed by atoms with Gasteiger partial charge in [0, 0.05) is 22.5 Å². The summed E-state index contributed by atoms with van der Waals surface area (Å²) in [5.41, 5.74) is 5.80. The molecule has 6 rings (SSSR count). The summed E-state index contributed by atoms with van der Waals surface area (Å²) in [4.78, 5) is 38.8. The van der Waals surface area contributed by atoms with Crippen molar-refractivity contribution in [1.29, 1.82) is 0 Å². The van der Waals surface area contributed by atoms with Crippen LogP contribution >= 0.6 is 23.6 Å². The van der Waals surface area contributed by atoms with Crippen LogP contribution < -0.4 is 86.1 Å². The molecular formula is C29H18ClN7Na2O8S2. The number of halogens is 1. The first-order valence-electron chi connectivity index (χ1n) is 13.2. The summed E-state index contributed by atoms with van der Waals surface area (Å²) >= 11 is 6.61. The first-order valence-corrected chi connectivity index (χ1v) is 15.7. The molecule has 0 bridgehead atoms. The largest absolute Gasteiger partial charge is 1.00 e. The minimum atomic E-state index is -5.19. The Morgan fingerprint density at radius 3 is 2.00 bits per heavy atom. The first-order chi connectivity index (χ1) is 22.5. The van der Waals surface area contributed by atoms with Gasteiger partial charge in [-0.2, -0.15) is 19.3 Å². The summed E-state index contributed by atoms with van der Waals surface area (Å²) in [5, 5.41) is 22.9. The van der Waals surface area contributed by atoms with Crippen LogP contribution in [0.2, 0.25) is 5.28 Å².